The van der Waals surface area contributed by atoms with Gasteiger partial charge in [-0.2, -0.15) is 0 Å². The highest BCUT2D eigenvalue weighted by molar-refractivity contribution is 6.20. The van der Waals surface area contributed by atoms with Gasteiger partial charge in [0, 0.05) is 23.3 Å². The molecule has 1 aromatic carbocycles. The summed E-state index contributed by atoms with van der Waals surface area (Å²) >= 11 is 0. The molecule has 1 heterocycles. The van der Waals surface area contributed by atoms with Crippen LogP contribution in [0.5, 0.6) is 0 Å². The van der Waals surface area contributed by atoms with Gasteiger partial charge < -0.3 is 10.0 Å². The summed E-state index contributed by atoms with van der Waals surface area (Å²) in [6.45, 7) is 10.9. The molecule has 22 heavy (non-hydrogen) atoms. The minimum Gasteiger partial charge on any atom is -0.506 e. The normalized spacial score (nSPS) is 21.4. The predicted octanol–water partition coefficient (Wildman–Crippen LogP) is 4.03. The predicted molar refractivity (Wildman–Crippen MR) is 89.0 cm³/mol. The van der Waals surface area contributed by atoms with Crippen LogP contribution >= 0.6 is 0 Å². The fraction of sp³-hybridized carbons (Fsp3) is 0.316. The summed E-state index contributed by atoms with van der Waals surface area (Å²) in [5, 5.41) is 9.91. The number of rotatable bonds is 3. The van der Waals surface area contributed by atoms with Gasteiger partial charge >= 0.3 is 0 Å². The van der Waals surface area contributed by atoms with Crippen LogP contribution in [0, 0.1) is 0 Å². The van der Waals surface area contributed by atoms with Gasteiger partial charge in [0.15, 0.2) is 5.78 Å². The number of carbonyl (C=O) groups is 1. The van der Waals surface area contributed by atoms with Crippen LogP contribution in [0.4, 0.5) is 5.69 Å². The zero-order valence-electron chi connectivity index (χ0n) is 13.3. The standard InChI is InChI=1S/C19H21NO2/c1-5-10-20-15-9-7-6-8-14(15)19(3,4)16(20)11-13-17(21)12(2)18(13)22/h6-9,11,21H,2,5,10H2,1,3-4H3. The van der Waals surface area contributed by atoms with Crippen LogP contribution in [-0.2, 0) is 10.2 Å². The Morgan fingerprint density at radius 1 is 1.32 bits per heavy atom. The zero-order valence-corrected chi connectivity index (χ0v) is 13.3. The highest BCUT2D eigenvalue weighted by Gasteiger charge is 2.41. The second-order valence-corrected chi connectivity index (χ2v) is 6.39. The van der Waals surface area contributed by atoms with Crippen LogP contribution in [0.15, 0.2) is 59.5 Å². The molecule has 0 aromatic heterocycles. The summed E-state index contributed by atoms with van der Waals surface area (Å²) < 4.78 is 0. The van der Waals surface area contributed by atoms with E-state index >= 15 is 0 Å². The molecular formula is C19H21NO2. The van der Waals surface area contributed by atoms with Crippen LogP contribution < -0.4 is 4.90 Å². The first-order valence-corrected chi connectivity index (χ1v) is 7.66. The summed E-state index contributed by atoms with van der Waals surface area (Å²) in [6.07, 6.45) is 2.84. The Morgan fingerprint density at radius 2 is 2.00 bits per heavy atom. The zero-order chi connectivity index (χ0) is 16.1. The average molecular weight is 295 g/mol. The Kier molecular flexibility index (Phi) is 3.24. The summed E-state index contributed by atoms with van der Waals surface area (Å²) in [7, 11) is 0. The van der Waals surface area contributed by atoms with E-state index in [9.17, 15) is 9.90 Å². The first-order chi connectivity index (χ1) is 10.4. The molecule has 0 saturated heterocycles. The average Bonchev–Trinajstić information content (AvgIpc) is 2.73. The second kappa shape index (κ2) is 4.87. The lowest BCUT2D eigenvalue weighted by atomic mass is 9.81. The van der Waals surface area contributed by atoms with E-state index in [4.69, 9.17) is 0 Å². The van der Waals surface area contributed by atoms with Crippen molar-refractivity contribution in [1.82, 2.24) is 0 Å². The third-order valence-electron chi connectivity index (χ3n) is 4.59. The first kappa shape index (κ1) is 14.6. The van der Waals surface area contributed by atoms with Crippen molar-refractivity contribution in [3.05, 3.63) is 65.1 Å². The van der Waals surface area contributed by atoms with Crippen molar-refractivity contribution >= 4 is 11.5 Å². The first-order valence-electron chi connectivity index (χ1n) is 7.66. The molecule has 2 aliphatic rings. The number of fused-ring (bicyclic) bond motifs is 1. The maximum atomic E-state index is 11.9. The Hall–Kier alpha value is -2.29. The number of hydrogen-bond donors (Lipinski definition) is 1. The molecule has 0 spiro atoms. The number of benzene rings is 1. The highest BCUT2D eigenvalue weighted by Crippen LogP contribution is 2.48. The van der Waals surface area contributed by atoms with Crippen LogP contribution in [0.1, 0.15) is 32.8 Å². The molecule has 0 unspecified atom stereocenters. The largest absolute Gasteiger partial charge is 0.506 e. The number of allylic oxidation sites excluding steroid dienone is 4. The van der Waals surface area contributed by atoms with Crippen LogP contribution in [0.25, 0.3) is 0 Å². The molecule has 0 radical (unpaired) electrons. The maximum Gasteiger partial charge on any atom is 0.199 e. The number of para-hydroxylation sites is 1. The Balaban J connectivity index is 2.15. The SMILES string of the molecule is C=C1C(=O)C(C=C2N(CCC)c3ccccc3C2(C)C)=C1O. The van der Waals surface area contributed by atoms with Crippen molar-refractivity contribution < 1.29 is 9.90 Å². The molecule has 0 bridgehead atoms. The Morgan fingerprint density at radius 3 is 2.64 bits per heavy atom. The van der Waals surface area contributed by atoms with Crippen molar-refractivity contribution in [2.45, 2.75) is 32.6 Å². The number of ketones is 1. The number of aliphatic hydroxyl groups is 1. The van der Waals surface area contributed by atoms with Gasteiger partial charge in [-0.15, -0.1) is 0 Å². The Bertz CT molecular complexity index is 738. The second-order valence-electron chi connectivity index (χ2n) is 6.39. The monoisotopic (exact) mass is 295 g/mol. The molecule has 3 nitrogen and oxygen atoms in total. The summed E-state index contributed by atoms with van der Waals surface area (Å²) in [5.74, 6) is -0.131. The lowest BCUT2D eigenvalue weighted by molar-refractivity contribution is -0.113. The number of nitrogens with zero attached hydrogens (tertiary/aromatic N) is 1. The molecule has 0 atom stereocenters. The van der Waals surface area contributed by atoms with Crippen LogP contribution in [-0.4, -0.2) is 17.4 Å². The molecular weight excluding hydrogens is 274 g/mol. The van der Waals surface area contributed by atoms with E-state index in [0.29, 0.717) is 5.57 Å². The van der Waals surface area contributed by atoms with Crippen LogP contribution in [0.2, 0.25) is 0 Å². The summed E-state index contributed by atoms with van der Waals surface area (Å²) in [6, 6.07) is 8.33. The molecule has 114 valence electrons. The number of aliphatic hydroxyl groups excluding tert-OH is 1. The molecule has 1 aliphatic heterocycles. The molecule has 0 saturated carbocycles. The van der Waals surface area contributed by atoms with Crippen molar-refractivity contribution in [2.75, 3.05) is 11.4 Å². The van der Waals surface area contributed by atoms with Gasteiger partial charge in [0.2, 0.25) is 0 Å². The van der Waals surface area contributed by atoms with Gasteiger partial charge in [0.25, 0.3) is 0 Å². The third-order valence-corrected chi connectivity index (χ3v) is 4.59. The van der Waals surface area contributed by atoms with Crippen LogP contribution in [0.3, 0.4) is 0 Å². The van der Waals surface area contributed by atoms with Gasteiger partial charge in [0.05, 0.1) is 11.1 Å². The van der Waals surface area contributed by atoms with Crippen molar-refractivity contribution in [2.24, 2.45) is 0 Å². The summed E-state index contributed by atoms with van der Waals surface area (Å²) in [5.41, 5.74) is 3.88. The topological polar surface area (TPSA) is 40.5 Å². The van der Waals surface area contributed by atoms with E-state index in [1.807, 2.05) is 18.2 Å². The van der Waals surface area contributed by atoms with Gasteiger partial charge in [-0.05, 0) is 24.1 Å². The van der Waals surface area contributed by atoms with Crippen molar-refractivity contribution in [1.29, 1.82) is 0 Å². The molecule has 1 aromatic rings. The maximum absolute atomic E-state index is 11.9. The molecule has 3 rings (SSSR count). The highest BCUT2D eigenvalue weighted by atomic mass is 16.3. The van der Waals surface area contributed by atoms with Crippen molar-refractivity contribution in [3.63, 3.8) is 0 Å². The van der Waals surface area contributed by atoms with E-state index in [1.165, 1.54) is 11.3 Å². The molecule has 1 N–H and O–H groups in total. The van der Waals surface area contributed by atoms with Gasteiger partial charge in [-0.25, -0.2) is 0 Å². The smallest absolute Gasteiger partial charge is 0.199 e. The minimum atomic E-state index is -0.198. The van der Waals surface area contributed by atoms with E-state index < -0.39 is 0 Å². The van der Waals surface area contributed by atoms with Crippen molar-refractivity contribution in [3.8, 4) is 0 Å². The molecule has 0 fully saturated rings. The number of Topliss-reactive ketones (excluding diaryl/α,β-unsaturated/α-hetero) is 1. The lowest BCUT2D eigenvalue weighted by Crippen LogP contribution is -2.29. The minimum absolute atomic E-state index is 0.0284. The fourth-order valence-corrected chi connectivity index (χ4v) is 3.31. The van der Waals surface area contributed by atoms with Gasteiger partial charge in [-0.1, -0.05) is 45.5 Å². The fourth-order valence-electron chi connectivity index (χ4n) is 3.31. The molecule has 3 heteroatoms. The molecule has 0 amide bonds. The Labute approximate surface area is 131 Å². The van der Waals surface area contributed by atoms with E-state index in [1.54, 1.807) is 0 Å². The quantitative estimate of drug-likeness (QED) is 0.856. The van der Waals surface area contributed by atoms with E-state index in [-0.39, 0.29) is 22.5 Å². The number of anilines is 1. The van der Waals surface area contributed by atoms with E-state index in [0.717, 1.165) is 18.7 Å². The van der Waals surface area contributed by atoms with Gasteiger partial charge in [0.1, 0.15) is 5.76 Å². The lowest BCUT2D eigenvalue weighted by Gasteiger charge is -2.28. The van der Waals surface area contributed by atoms with E-state index in [2.05, 4.69) is 44.4 Å². The summed E-state index contributed by atoms with van der Waals surface area (Å²) in [4.78, 5) is 14.2. The number of carbonyl (C=O) groups excluding carboxylic acids is 1. The third kappa shape index (κ3) is 1.85. The van der Waals surface area contributed by atoms with Gasteiger partial charge in [-0.3, -0.25) is 4.79 Å². The number of hydrogen-bond acceptors (Lipinski definition) is 3. The molecule has 1 aliphatic carbocycles.